The van der Waals surface area contributed by atoms with E-state index in [1.54, 1.807) is 7.11 Å². The molecular formula is C20H20N4O2. The molecular weight excluding hydrogens is 328 g/mol. The van der Waals surface area contributed by atoms with E-state index in [2.05, 4.69) is 32.6 Å². The predicted molar refractivity (Wildman–Crippen MR) is 97.5 cm³/mol. The van der Waals surface area contributed by atoms with Crippen molar-refractivity contribution >= 4 is 5.91 Å². The highest BCUT2D eigenvalue weighted by atomic mass is 16.5. The van der Waals surface area contributed by atoms with E-state index >= 15 is 0 Å². The van der Waals surface area contributed by atoms with E-state index in [4.69, 9.17) is 4.74 Å². The van der Waals surface area contributed by atoms with Gasteiger partial charge in [0.25, 0.3) is 0 Å². The third-order valence-corrected chi connectivity index (χ3v) is 4.66. The van der Waals surface area contributed by atoms with Crippen molar-refractivity contribution in [1.82, 2.24) is 20.5 Å². The molecule has 0 radical (unpaired) electrons. The van der Waals surface area contributed by atoms with Crippen LogP contribution in [0.3, 0.4) is 0 Å². The molecule has 1 aliphatic rings. The Morgan fingerprint density at radius 2 is 1.96 bits per heavy atom. The Morgan fingerprint density at radius 1 is 1.19 bits per heavy atom. The fourth-order valence-corrected chi connectivity index (χ4v) is 3.10. The lowest BCUT2D eigenvalue weighted by molar-refractivity contribution is -0.122. The molecule has 132 valence electrons. The number of rotatable bonds is 6. The van der Waals surface area contributed by atoms with E-state index in [-0.39, 0.29) is 11.8 Å². The Kier molecular flexibility index (Phi) is 4.39. The summed E-state index contributed by atoms with van der Waals surface area (Å²) in [6, 6.07) is 17.7. The third kappa shape index (κ3) is 3.44. The highest BCUT2D eigenvalue weighted by molar-refractivity contribution is 5.82. The van der Waals surface area contributed by atoms with Crippen LogP contribution in [-0.2, 0) is 11.3 Å². The minimum absolute atomic E-state index is 0.0568. The summed E-state index contributed by atoms with van der Waals surface area (Å²) in [5.41, 5.74) is 2.13. The van der Waals surface area contributed by atoms with Gasteiger partial charge in [0.2, 0.25) is 5.91 Å². The van der Waals surface area contributed by atoms with Gasteiger partial charge in [-0.25, -0.2) is 4.98 Å². The van der Waals surface area contributed by atoms with Gasteiger partial charge in [-0.15, -0.1) is 0 Å². The highest BCUT2D eigenvalue weighted by Gasteiger charge is 2.43. The van der Waals surface area contributed by atoms with Crippen LogP contribution < -0.4 is 10.1 Å². The fourth-order valence-electron chi connectivity index (χ4n) is 3.10. The van der Waals surface area contributed by atoms with Gasteiger partial charge in [0.1, 0.15) is 11.6 Å². The van der Waals surface area contributed by atoms with Crippen molar-refractivity contribution < 1.29 is 9.53 Å². The summed E-state index contributed by atoms with van der Waals surface area (Å²) in [4.78, 5) is 16.8. The van der Waals surface area contributed by atoms with Crippen molar-refractivity contribution in [1.29, 1.82) is 0 Å². The standard InChI is InChI=1S/C20H20N4O2/c1-26-15-9-7-14(8-10-15)19-22-18(23-24-19)12-21-20(25)17-11-16(17)13-5-3-2-4-6-13/h2-10,16-17H,11-12H2,1H3,(H,21,25)(H,22,23,24)/t16-,17+/m0/s1. The molecule has 26 heavy (non-hydrogen) atoms. The van der Waals surface area contributed by atoms with Gasteiger partial charge in [0.15, 0.2) is 5.82 Å². The van der Waals surface area contributed by atoms with Crippen LogP contribution in [0.5, 0.6) is 5.75 Å². The van der Waals surface area contributed by atoms with Crippen LogP contribution in [0.1, 0.15) is 23.7 Å². The second-order valence-electron chi connectivity index (χ2n) is 6.41. The number of carbonyl (C=O) groups excluding carboxylic acids is 1. The summed E-state index contributed by atoms with van der Waals surface area (Å²) in [5, 5.41) is 10.0. The molecule has 0 bridgehead atoms. The first-order valence-corrected chi connectivity index (χ1v) is 8.63. The van der Waals surface area contributed by atoms with Crippen molar-refractivity contribution in [2.45, 2.75) is 18.9 Å². The maximum absolute atomic E-state index is 12.3. The molecule has 1 amide bonds. The Labute approximate surface area is 151 Å². The van der Waals surface area contributed by atoms with E-state index in [9.17, 15) is 4.79 Å². The highest BCUT2D eigenvalue weighted by Crippen LogP contribution is 2.47. The van der Waals surface area contributed by atoms with E-state index in [1.165, 1.54) is 5.56 Å². The molecule has 1 aromatic heterocycles. The van der Waals surface area contributed by atoms with E-state index in [0.29, 0.717) is 24.1 Å². The van der Waals surface area contributed by atoms with Gasteiger partial charge >= 0.3 is 0 Å². The Bertz CT molecular complexity index is 890. The summed E-state index contributed by atoms with van der Waals surface area (Å²) in [6.07, 6.45) is 0.906. The lowest BCUT2D eigenvalue weighted by Crippen LogP contribution is -2.25. The monoisotopic (exact) mass is 348 g/mol. The van der Waals surface area contributed by atoms with Gasteiger partial charge in [-0.3, -0.25) is 9.89 Å². The number of amides is 1. The number of methoxy groups -OCH3 is 1. The minimum atomic E-state index is 0.0568. The number of ether oxygens (including phenoxy) is 1. The van der Waals surface area contributed by atoms with Gasteiger partial charge in [-0.1, -0.05) is 30.3 Å². The number of aromatic amines is 1. The van der Waals surface area contributed by atoms with Gasteiger partial charge in [-0.05, 0) is 42.2 Å². The first kappa shape index (κ1) is 16.3. The number of nitrogens with one attached hydrogen (secondary N) is 2. The Balaban J connectivity index is 1.33. The summed E-state index contributed by atoms with van der Waals surface area (Å²) in [5.74, 6) is 2.49. The van der Waals surface area contributed by atoms with Gasteiger partial charge in [-0.2, -0.15) is 5.10 Å². The minimum Gasteiger partial charge on any atom is -0.497 e. The molecule has 4 rings (SSSR count). The second kappa shape index (κ2) is 7.00. The molecule has 1 fully saturated rings. The van der Waals surface area contributed by atoms with Crippen LogP contribution in [0.25, 0.3) is 11.4 Å². The molecule has 2 N–H and O–H groups in total. The fraction of sp³-hybridized carbons (Fsp3) is 0.250. The van der Waals surface area contributed by atoms with Crippen molar-refractivity contribution in [3.63, 3.8) is 0 Å². The average Bonchev–Trinajstić information content (AvgIpc) is 3.37. The largest absolute Gasteiger partial charge is 0.497 e. The molecule has 0 aliphatic heterocycles. The maximum atomic E-state index is 12.3. The number of nitrogens with zero attached hydrogens (tertiary/aromatic N) is 2. The number of carbonyl (C=O) groups is 1. The molecule has 6 heteroatoms. The van der Waals surface area contributed by atoms with Crippen molar-refractivity contribution in [3.05, 3.63) is 66.0 Å². The summed E-state index contributed by atoms with van der Waals surface area (Å²) in [6.45, 7) is 0.347. The quantitative estimate of drug-likeness (QED) is 0.718. The molecule has 0 spiro atoms. The zero-order valence-corrected chi connectivity index (χ0v) is 14.5. The molecule has 0 saturated heterocycles. The van der Waals surface area contributed by atoms with Gasteiger partial charge in [0.05, 0.1) is 13.7 Å². The van der Waals surface area contributed by atoms with Gasteiger partial charge < -0.3 is 10.1 Å². The van der Waals surface area contributed by atoms with Crippen LogP contribution in [0.2, 0.25) is 0 Å². The zero-order valence-electron chi connectivity index (χ0n) is 14.5. The first-order valence-electron chi connectivity index (χ1n) is 8.63. The second-order valence-corrected chi connectivity index (χ2v) is 6.41. The van der Waals surface area contributed by atoms with Crippen molar-refractivity contribution in [2.75, 3.05) is 7.11 Å². The third-order valence-electron chi connectivity index (χ3n) is 4.66. The van der Waals surface area contributed by atoms with E-state index in [1.807, 2.05) is 42.5 Å². The normalized spacial score (nSPS) is 18.3. The summed E-state index contributed by atoms with van der Waals surface area (Å²) < 4.78 is 5.15. The summed E-state index contributed by atoms with van der Waals surface area (Å²) >= 11 is 0. The molecule has 3 aromatic rings. The van der Waals surface area contributed by atoms with Crippen molar-refractivity contribution in [3.8, 4) is 17.1 Å². The molecule has 1 aliphatic carbocycles. The van der Waals surface area contributed by atoms with Crippen LogP contribution in [-0.4, -0.2) is 28.2 Å². The smallest absolute Gasteiger partial charge is 0.224 e. The van der Waals surface area contributed by atoms with Crippen LogP contribution in [0.4, 0.5) is 0 Å². The Hall–Kier alpha value is -3.15. The number of hydrogen-bond donors (Lipinski definition) is 2. The number of H-pyrrole nitrogens is 1. The lowest BCUT2D eigenvalue weighted by atomic mass is 10.1. The van der Waals surface area contributed by atoms with Crippen LogP contribution in [0.15, 0.2) is 54.6 Å². The number of hydrogen-bond acceptors (Lipinski definition) is 4. The average molecular weight is 348 g/mol. The molecule has 2 atom stereocenters. The summed E-state index contributed by atoms with van der Waals surface area (Å²) in [7, 11) is 1.63. The lowest BCUT2D eigenvalue weighted by Gasteiger charge is -2.03. The van der Waals surface area contributed by atoms with Crippen molar-refractivity contribution in [2.24, 2.45) is 5.92 Å². The van der Waals surface area contributed by atoms with Crippen LogP contribution >= 0.6 is 0 Å². The predicted octanol–water partition coefficient (Wildman–Crippen LogP) is 2.90. The molecule has 6 nitrogen and oxygen atoms in total. The maximum Gasteiger partial charge on any atom is 0.224 e. The van der Waals surface area contributed by atoms with Crippen LogP contribution in [0, 0.1) is 5.92 Å². The Morgan fingerprint density at radius 3 is 2.69 bits per heavy atom. The number of aromatic nitrogens is 3. The molecule has 1 heterocycles. The van der Waals surface area contributed by atoms with E-state index in [0.717, 1.165) is 17.7 Å². The number of benzene rings is 2. The topological polar surface area (TPSA) is 79.9 Å². The SMILES string of the molecule is COc1ccc(-c2n[nH]c(CNC(=O)[C@@H]3C[C@H]3c3ccccc3)n2)cc1. The molecule has 1 saturated carbocycles. The first-order chi connectivity index (χ1) is 12.7. The molecule has 2 aromatic carbocycles. The van der Waals surface area contributed by atoms with E-state index < -0.39 is 0 Å². The van der Waals surface area contributed by atoms with Gasteiger partial charge in [0, 0.05) is 11.5 Å². The zero-order chi connectivity index (χ0) is 17.9. The molecule has 0 unspecified atom stereocenters.